The molecule has 1 aromatic heterocycles. The van der Waals surface area contributed by atoms with Gasteiger partial charge in [-0.3, -0.25) is 0 Å². The molecular weight excluding hydrogens is 216 g/mol. The van der Waals surface area contributed by atoms with Crippen LogP contribution in [0.25, 0.3) is 0 Å². The number of aromatic carboxylic acids is 1. The molecule has 0 unspecified atom stereocenters. The van der Waals surface area contributed by atoms with Gasteiger partial charge in [0.2, 0.25) is 0 Å². The third-order valence-corrected chi connectivity index (χ3v) is 3.04. The highest BCUT2D eigenvalue weighted by atomic mass is 32.1. The lowest BCUT2D eigenvalue weighted by Crippen LogP contribution is -2.04. The van der Waals surface area contributed by atoms with Crippen molar-refractivity contribution in [2.45, 2.75) is 12.8 Å². The minimum absolute atomic E-state index is 0.201. The van der Waals surface area contributed by atoms with E-state index in [4.69, 9.17) is 14.6 Å². The highest BCUT2D eigenvalue weighted by Gasteiger charge is 2.21. The van der Waals surface area contributed by atoms with E-state index in [0.29, 0.717) is 11.7 Å². The first-order valence-electron chi connectivity index (χ1n) is 4.78. The Labute approximate surface area is 91.4 Å². The van der Waals surface area contributed by atoms with Gasteiger partial charge in [0.1, 0.15) is 10.6 Å². The Balaban J connectivity index is 1.70. The Morgan fingerprint density at radius 2 is 2.40 bits per heavy atom. The Bertz CT molecular complexity index is 343. The number of hydrogen-bond donors (Lipinski definition) is 1. The number of hydrogen-bond acceptors (Lipinski definition) is 4. The molecule has 0 radical (unpaired) electrons. The summed E-state index contributed by atoms with van der Waals surface area (Å²) in [6.45, 7) is 0.947. The quantitative estimate of drug-likeness (QED) is 0.599. The van der Waals surface area contributed by atoms with Gasteiger partial charge in [0.25, 0.3) is 0 Å². The molecule has 5 heteroatoms. The third kappa shape index (κ3) is 3.21. The summed E-state index contributed by atoms with van der Waals surface area (Å²) in [5.74, 6) is 0.354. The number of thiophene rings is 1. The maximum absolute atomic E-state index is 10.6. The average Bonchev–Trinajstić information content (AvgIpc) is 2.90. The predicted octanol–water partition coefficient (Wildman–Crippen LogP) is 2.21. The molecule has 1 aliphatic carbocycles. The number of carboxylic acids is 1. The van der Waals surface area contributed by atoms with E-state index in [1.807, 2.05) is 0 Å². The van der Waals surface area contributed by atoms with Crippen LogP contribution in [0.3, 0.4) is 0 Å². The third-order valence-electron chi connectivity index (χ3n) is 2.15. The molecule has 0 atom stereocenters. The van der Waals surface area contributed by atoms with Crippen molar-refractivity contribution in [1.29, 1.82) is 0 Å². The van der Waals surface area contributed by atoms with Crippen molar-refractivity contribution in [3.05, 3.63) is 16.3 Å². The van der Waals surface area contributed by atoms with Crippen LogP contribution < -0.4 is 4.74 Å². The van der Waals surface area contributed by atoms with E-state index < -0.39 is 5.97 Å². The van der Waals surface area contributed by atoms with Crippen molar-refractivity contribution in [1.82, 2.24) is 0 Å². The lowest BCUT2D eigenvalue weighted by molar-refractivity contribution is 0.0102. The second-order valence-corrected chi connectivity index (χ2v) is 4.44. The molecule has 82 valence electrons. The molecule has 1 aromatic rings. The Kier molecular flexibility index (Phi) is 3.23. The Hall–Kier alpha value is -1.07. The van der Waals surface area contributed by atoms with E-state index in [1.165, 1.54) is 18.9 Å². The van der Waals surface area contributed by atoms with Crippen LogP contribution in [0.15, 0.2) is 11.4 Å². The monoisotopic (exact) mass is 228 g/mol. The second-order valence-electron chi connectivity index (χ2n) is 3.53. The first-order chi connectivity index (χ1) is 7.25. The normalized spacial score (nSPS) is 15.2. The Morgan fingerprint density at radius 1 is 1.60 bits per heavy atom. The first-order valence-corrected chi connectivity index (χ1v) is 5.66. The van der Waals surface area contributed by atoms with Crippen molar-refractivity contribution < 1.29 is 19.4 Å². The lowest BCUT2D eigenvalue weighted by Gasteiger charge is -2.03. The minimum atomic E-state index is -0.922. The van der Waals surface area contributed by atoms with Gasteiger partial charge in [0, 0.05) is 11.4 Å². The van der Waals surface area contributed by atoms with Crippen molar-refractivity contribution in [2.75, 3.05) is 13.4 Å². The molecule has 1 fully saturated rings. The Morgan fingerprint density at radius 3 is 3.00 bits per heavy atom. The number of carbonyl (C=O) groups is 1. The summed E-state index contributed by atoms with van der Waals surface area (Å²) in [4.78, 5) is 10.8. The van der Waals surface area contributed by atoms with Crippen LogP contribution in [-0.4, -0.2) is 24.5 Å². The van der Waals surface area contributed by atoms with E-state index in [1.54, 1.807) is 5.38 Å². The van der Waals surface area contributed by atoms with Gasteiger partial charge in [-0.2, -0.15) is 0 Å². The van der Waals surface area contributed by atoms with E-state index in [2.05, 4.69) is 0 Å². The molecule has 1 aliphatic rings. The fourth-order valence-corrected chi connectivity index (χ4v) is 1.78. The SMILES string of the molecule is O=C(O)c1cc(OCOCC2CC2)cs1. The van der Waals surface area contributed by atoms with Crippen LogP contribution >= 0.6 is 11.3 Å². The largest absolute Gasteiger partial charge is 0.477 e. The van der Waals surface area contributed by atoms with Crippen LogP contribution in [-0.2, 0) is 4.74 Å². The summed E-state index contributed by atoms with van der Waals surface area (Å²) in [7, 11) is 0. The molecular formula is C10H12O4S. The zero-order chi connectivity index (χ0) is 10.7. The maximum Gasteiger partial charge on any atom is 0.346 e. The molecule has 0 amide bonds. The van der Waals surface area contributed by atoms with Gasteiger partial charge in [0.05, 0.1) is 6.61 Å². The van der Waals surface area contributed by atoms with E-state index in [-0.39, 0.29) is 11.7 Å². The summed E-state index contributed by atoms with van der Waals surface area (Å²) in [6.07, 6.45) is 2.50. The van der Waals surface area contributed by atoms with Crippen LogP contribution in [0.2, 0.25) is 0 Å². The first kappa shape index (κ1) is 10.4. The number of ether oxygens (including phenoxy) is 2. The molecule has 4 nitrogen and oxygen atoms in total. The van der Waals surface area contributed by atoms with Crippen LogP contribution in [0.5, 0.6) is 5.75 Å². The van der Waals surface area contributed by atoms with Crippen LogP contribution in [0, 0.1) is 5.92 Å². The van der Waals surface area contributed by atoms with Gasteiger partial charge in [-0.25, -0.2) is 4.79 Å². The zero-order valence-electron chi connectivity index (χ0n) is 8.14. The van der Waals surface area contributed by atoms with Crippen molar-refractivity contribution in [3.63, 3.8) is 0 Å². The molecule has 2 rings (SSSR count). The van der Waals surface area contributed by atoms with Gasteiger partial charge in [0.15, 0.2) is 6.79 Å². The van der Waals surface area contributed by atoms with E-state index >= 15 is 0 Å². The highest BCUT2D eigenvalue weighted by molar-refractivity contribution is 7.12. The van der Waals surface area contributed by atoms with Crippen LogP contribution in [0.1, 0.15) is 22.5 Å². The maximum atomic E-state index is 10.6. The van der Waals surface area contributed by atoms with Crippen LogP contribution in [0.4, 0.5) is 0 Å². The molecule has 1 saturated carbocycles. The molecule has 0 spiro atoms. The van der Waals surface area contributed by atoms with Gasteiger partial charge in [-0.1, -0.05) is 0 Å². The fraction of sp³-hybridized carbons (Fsp3) is 0.500. The van der Waals surface area contributed by atoms with Gasteiger partial charge in [-0.15, -0.1) is 11.3 Å². The van der Waals surface area contributed by atoms with Gasteiger partial charge in [-0.05, 0) is 18.8 Å². The summed E-state index contributed by atoms with van der Waals surface area (Å²) >= 11 is 1.15. The topological polar surface area (TPSA) is 55.8 Å². The lowest BCUT2D eigenvalue weighted by atomic mass is 10.4. The van der Waals surface area contributed by atoms with Crippen molar-refractivity contribution in [3.8, 4) is 5.75 Å². The summed E-state index contributed by atoms with van der Waals surface area (Å²) in [6, 6.07) is 1.51. The van der Waals surface area contributed by atoms with Crippen molar-refractivity contribution in [2.24, 2.45) is 5.92 Å². The smallest absolute Gasteiger partial charge is 0.346 e. The molecule has 1 N–H and O–H groups in total. The van der Waals surface area contributed by atoms with Gasteiger partial charge >= 0.3 is 5.97 Å². The predicted molar refractivity (Wildman–Crippen MR) is 55.4 cm³/mol. The molecule has 0 aliphatic heterocycles. The molecule has 0 aromatic carbocycles. The average molecular weight is 228 g/mol. The molecule has 0 saturated heterocycles. The standard InChI is InChI=1S/C10H12O4S/c11-10(12)9-3-8(5-15-9)14-6-13-4-7-1-2-7/h3,5,7H,1-2,4,6H2,(H,11,12). The van der Waals surface area contributed by atoms with Crippen molar-refractivity contribution >= 4 is 17.3 Å². The molecule has 0 bridgehead atoms. The minimum Gasteiger partial charge on any atom is -0.477 e. The number of carboxylic acid groups (broad SMARTS) is 1. The van der Waals surface area contributed by atoms with E-state index in [0.717, 1.165) is 17.9 Å². The summed E-state index contributed by atoms with van der Waals surface area (Å²) in [5.41, 5.74) is 0. The van der Waals surface area contributed by atoms with Gasteiger partial charge < -0.3 is 14.6 Å². The molecule has 1 heterocycles. The highest BCUT2D eigenvalue weighted by Crippen LogP contribution is 2.28. The number of rotatable bonds is 6. The second kappa shape index (κ2) is 4.63. The molecule has 15 heavy (non-hydrogen) atoms. The summed E-state index contributed by atoms with van der Waals surface area (Å²) < 4.78 is 10.5. The zero-order valence-corrected chi connectivity index (χ0v) is 8.96. The van der Waals surface area contributed by atoms with E-state index in [9.17, 15) is 4.79 Å². The fourth-order valence-electron chi connectivity index (χ4n) is 1.12. The summed E-state index contributed by atoms with van der Waals surface area (Å²) in [5, 5.41) is 10.3.